The Labute approximate surface area is 176 Å². The van der Waals surface area contributed by atoms with Gasteiger partial charge >= 0.3 is 6.36 Å². The van der Waals surface area contributed by atoms with Gasteiger partial charge in [-0.1, -0.05) is 30.3 Å². The molecule has 1 aliphatic rings. The average molecular weight is 506 g/mol. The topological polar surface area (TPSA) is 80.0 Å². The van der Waals surface area contributed by atoms with Crippen molar-refractivity contribution in [2.45, 2.75) is 12.8 Å². The van der Waals surface area contributed by atoms with Gasteiger partial charge in [0, 0.05) is 12.2 Å². The molecule has 10 heteroatoms. The highest BCUT2D eigenvalue weighted by molar-refractivity contribution is 14.0. The number of ether oxygens (including phenoxy) is 1. The van der Waals surface area contributed by atoms with E-state index in [1.165, 1.54) is 18.2 Å². The number of para-hydroxylation sites is 3. The molecule has 3 rings (SSSR count). The number of benzene rings is 2. The van der Waals surface area contributed by atoms with Crippen LogP contribution in [-0.4, -0.2) is 31.3 Å². The lowest BCUT2D eigenvalue weighted by Gasteiger charge is -2.16. The van der Waals surface area contributed by atoms with E-state index in [0.717, 1.165) is 23.7 Å². The molecule has 0 radical (unpaired) electrons. The number of nitrogens with one attached hydrogen (secondary N) is 1. The SMILES string of the molecule is I.NC(=NCC(=O)N1CCc2ccccc21)Nc1ccccc1OC(F)(F)F. The van der Waals surface area contributed by atoms with Gasteiger partial charge in [0.2, 0.25) is 5.91 Å². The maximum Gasteiger partial charge on any atom is 0.573 e. The predicted octanol–water partition coefficient (Wildman–Crippen LogP) is 3.52. The van der Waals surface area contributed by atoms with Crippen molar-refractivity contribution in [1.82, 2.24) is 0 Å². The van der Waals surface area contributed by atoms with Gasteiger partial charge in [-0.25, -0.2) is 4.99 Å². The lowest BCUT2D eigenvalue weighted by atomic mass is 10.2. The molecular formula is C18H18F3IN4O2. The molecule has 0 fully saturated rings. The summed E-state index contributed by atoms with van der Waals surface area (Å²) in [5.74, 6) is -0.874. The lowest BCUT2D eigenvalue weighted by molar-refractivity contribution is -0.274. The van der Waals surface area contributed by atoms with Crippen molar-refractivity contribution in [3.8, 4) is 5.75 Å². The maximum absolute atomic E-state index is 12.4. The first-order valence-corrected chi connectivity index (χ1v) is 8.13. The standard InChI is InChI=1S/C18H17F3N4O2.HI/c19-18(20,21)27-15-8-4-2-6-13(15)24-17(22)23-11-16(26)25-10-9-12-5-1-3-7-14(12)25;/h1-8H,9-11H2,(H3,22,23,24);1H. The minimum Gasteiger partial charge on any atom is -0.404 e. The third-order valence-corrected chi connectivity index (χ3v) is 3.95. The molecule has 2 aromatic rings. The summed E-state index contributed by atoms with van der Waals surface area (Å²) in [7, 11) is 0. The molecule has 1 aliphatic heterocycles. The van der Waals surface area contributed by atoms with E-state index in [1.54, 1.807) is 4.90 Å². The van der Waals surface area contributed by atoms with Gasteiger partial charge in [0.1, 0.15) is 6.54 Å². The highest BCUT2D eigenvalue weighted by atomic mass is 127. The minimum atomic E-state index is -4.83. The fraction of sp³-hybridized carbons (Fsp3) is 0.222. The van der Waals surface area contributed by atoms with Gasteiger partial charge in [0.25, 0.3) is 0 Å². The molecule has 1 amide bonds. The average Bonchev–Trinajstić information content (AvgIpc) is 3.04. The molecule has 0 unspecified atom stereocenters. The Morgan fingerprint density at radius 2 is 1.86 bits per heavy atom. The molecule has 0 aromatic heterocycles. The Hall–Kier alpha value is -2.50. The molecule has 1 heterocycles. The Bertz CT molecular complexity index is 874. The summed E-state index contributed by atoms with van der Waals surface area (Å²) in [5, 5.41) is 2.53. The van der Waals surface area contributed by atoms with E-state index in [0.29, 0.717) is 6.54 Å². The lowest BCUT2D eigenvalue weighted by Crippen LogP contribution is -2.32. The van der Waals surface area contributed by atoms with Crippen LogP contribution in [0.2, 0.25) is 0 Å². The number of halogens is 4. The van der Waals surface area contributed by atoms with Crippen molar-refractivity contribution >= 4 is 47.2 Å². The molecule has 150 valence electrons. The zero-order valence-electron chi connectivity index (χ0n) is 14.6. The molecular weight excluding hydrogens is 488 g/mol. The number of hydrogen-bond donors (Lipinski definition) is 2. The van der Waals surface area contributed by atoms with Gasteiger partial charge in [-0.2, -0.15) is 0 Å². The summed E-state index contributed by atoms with van der Waals surface area (Å²) in [6.07, 6.45) is -4.07. The monoisotopic (exact) mass is 506 g/mol. The second kappa shape index (κ2) is 9.13. The maximum atomic E-state index is 12.4. The van der Waals surface area contributed by atoms with Gasteiger partial charge in [0.15, 0.2) is 11.7 Å². The number of guanidine groups is 1. The van der Waals surface area contributed by atoms with Crippen LogP contribution in [0.15, 0.2) is 53.5 Å². The summed E-state index contributed by atoms with van der Waals surface area (Å²) >= 11 is 0. The number of anilines is 2. The van der Waals surface area contributed by atoms with E-state index < -0.39 is 12.1 Å². The number of alkyl halides is 3. The summed E-state index contributed by atoms with van der Waals surface area (Å²) in [6.45, 7) is 0.332. The number of hydrogen-bond acceptors (Lipinski definition) is 3. The van der Waals surface area contributed by atoms with Crippen molar-refractivity contribution in [3.05, 3.63) is 54.1 Å². The van der Waals surface area contributed by atoms with E-state index in [1.807, 2.05) is 24.3 Å². The molecule has 2 aromatic carbocycles. The van der Waals surface area contributed by atoms with Crippen LogP contribution < -0.4 is 20.7 Å². The number of rotatable bonds is 4. The zero-order chi connectivity index (χ0) is 19.4. The van der Waals surface area contributed by atoms with Crippen LogP contribution in [0.25, 0.3) is 0 Å². The fourth-order valence-electron chi connectivity index (χ4n) is 2.80. The van der Waals surface area contributed by atoms with Crippen LogP contribution in [0, 0.1) is 0 Å². The Balaban J connectivity index is 0.00000280. The van der Waals surface area contributed by atoms with Crippen LogP contribution >= 0.6 is 24.0 Å². The van der Waals surface area contributed by atoms with E-state index in [4.69, 9.17) is 5.73 Å². The normalized spacial score (nSPS) is 13.5. The van der Waals surface area contributed by atoms with Crippen LogP contribution in [-0.2, 0) is 11.2 Å². The number of aliphatic imine (C=N–C) groups is 1. The highest BCUT2D eigenvalue weighted by Gasteiger charge is 2.32. The summed E-state index contributed by atoms with van der Waals surface area (Å²) in [6, 6.07) is 13.0. The fourth-order valence-corrected chi connectivity index (χ4v) is 2.80. The molecule has 28 heavy (non-hydrogen) atoms. The number of carbonyl (C=O) groups is 1. The number of nitrogens with zero attached hydrogens (tertiary/aromatic N) is 2. The summed E-state index contributed by atoms with van der Waals surface area (Å²) in [4.78, 5) is 17.9. The molecule has 3 N–H and O–H groups in total. The van der Waals surface area contributed by atoms with Crippen LogP contribution in [0.4, 0.5) is 24.5 Å². The van der Waals surface area contributed by atoms with Crippen molar-refractivity contribution in [2.24, 2.45) is 10.7 Å². The number of nitrogens with two attached hydrogens (primary N) is 1. The van der Waals surface area contributed by atoms with Gasteiger partial charge in [-0.3, -0.25) is 4.79 Å². The minimum absolute atomic E-state index is 0. The van der Waals surface area contributed by atoms with E-state index in [-0.39, 0.29) is 48.1 Å². The Morgan fingerprint density at radius 1 is 1.18 bits per heavy atom. The predicted molar refractivity (Wildman–Crippen MR) is 111 cm³/mol. The van der Waals surface area contributed by atoms with Gasteiger partial charge < -0.3 is 20.7 Å². The smallest absolute Gasteiger partial charge is 0.404 e. The molecule has 6 nitrogen and oxygen atoms in total. The molecule has 0 spiro atoms. The van der Waals surface area contributed by atoms with Crippen LogP contribution in [0.3, 0.4) is 0 Å². The number of amides is 1. The summed E-state index contributed by atoms with van der Waals surface area (Å²) in [5.41, 5.74) is 7.63. The third-order valence-electron chi connectivity index (χ3n) is 3.95. The quantitative estimate of drug-likeness (QED) is 0.378. The summed E-state index contributed by atoms with van der Waals surface area (Å²) < 4.78 is 41.3. The van der Waals surface area contributed by atoms with Gasteiger partial charge in [0.05, 0.1) is 5.69 Å². The van der Waals surface area contributed by atoms with Crippen molar-refractivity contribution in [2.75, 3.05) is 23.3 Å². The first kappa shape index (κ1) is 21.8. The zero-order valence-corrected chi connectivity index (χ0v) is 16.9. The van der Waals surface area contributed by atoms with Crippen LogP contribution in [0.1, 0.15) is 5.56 Å². The van der Waals surface area contributed by atoms with Gasteiger partial charge in [-0.05, 0) is 30.2 Å². The molecule has 0 atom stereocenters. The van der Waals surface area contributed by atoms with E-state index in [9.17, 15) is 18.0 Å². The Kier molecular flexibility index (Phi) is 7.11. The first-order valence-electron chi connectivity index (χ1n) is 8.13. The second-order valence-corrected chi connectivity index (χ2v) is 5.79. The molecule has 0 saturated carbocycles. The molecule has 0 bridgehead atoms. The molecule has 0 saturated heterocycles. The van der Waals surface area contributed by atoms with E-state index in [2.05, 4.69) is 15.0 Å². The number of fused-ring (bicyclic) bond motifs is 1. The number of carbonyl (C=O) groups excluding carboxylic acids is 1. The largest absolute Gasteiger partial charge is 0.573 e. The van der Waals surface area contributed by atoms with Crippen LogP contribution in [0.5, 0.6) is 5.75 Å². The Morgan fingerprint density at radius 3 is 2.61 bits per heavy atom. The van der Waals surface area contributed by atoms with Crippen molar-refractivity contribution in [1.29, 1.82) is 0 Å². The van der Waals surface area contributed by atoms with E-state index >= 15 is 0 Å². The highest BCUT2D eigenvalue weighted by Crippen LogP contribution is 2.30. The molecule has 0 aliphatic carbocycles. The van der Waals surface area contributed by atoms with Gasteiger partial charge in [-0.15, -0.1) is 37.1 Å². The second-order valence-electron chi connectivity index (χ2n) is 5.79. The van der Waals surface area contributed by atoms with Crippen molar-refractivity contribution in [3.63, 3.8) is 0 Å². The van der Waals surface area contributed by atoms with Crippen molar-refractivity contribution < 1.29 is 22.7 Å². The first-order chi connectivity index (χ1) is 12.8. The third kappa shape index (κ3) is 5.50.